The van der Waals surface area contributed by atoms with Crippen LogP contribution in [0.5, 0.6) is 0 Å². The van der Waals surface area contributed by atoms with Gasteiger partial charge >= 0.3 is 6.03 Å². The molecule has 1 heterocycles. The van der Waals surface area contributed by atoms with Crippen molar-refractivity contribution in [3.8, 4) is 0 Å². The van der Waals surface area contributed by atoms with Crippen molar-refractivity contribution >= 4 is 17.6 Å². The summed E-state index contributed by atoms with van der Waals surface area (Å²) in [6.45, 7) is 5.59. The van der Waals surface area contributed by atoms with Crippen LogP contribution < -0.4 is 10.6 Å². The minimum absolute atomic E-state index is 0.216. The molecule has 1 saturated heterocycles. The first-order chi connectivity index (χ1) is 12.7. The molecule has 1 aromatic carbocycles. The molecule has 3 amide bonds. The molecule has 2 N–H and O–H groups in total. The lowest BCUT2D eigenvalue weighted by molar-refractivity contribution is -0.133. The highest BCUT2D eigenvalue weighted by molar-refractivity contribution is 5.89. The van der Waals surface area contributed by atoms with Crippen LogP contribution in [0, 0.1) is 0 Å². The predicted molar refractivity (Wildman–Crippen MR) is 103 cm³/mol. The molecule has 0 atom stereocenters. The van der Waals surface area contributed by atoms with Crippen molar-refractivity contribution in [2.75, 3.05) is 31.6 Å². The van der Waals surface area contributed by atoms with Gasteiger partial charge in [0.15, 0.2) is 0 Å². The third-order valence-corrected chi connectivity index (χ3v) is 4.37. The number of urea groups is 1. The quantitative estimate of drug-likeness (QED) is 0.626. The Labute approximate surface area is 156 Å². The lowest BCUT2D eigenvalue weighted by Gasteiger charge is -2.26. The zero-order chi connectivity index (χ0) is 18.6. The molecule has 1 aliphatic heterocycles. The molecule has 0 bridgehead atoms. The van der Waals surface area contributed by atoms with Crippen LogP contribution in [0.3, 0.4) is 0 Å². The molecule has 144 valence electrons. The van der Waals surface area contributed by atoms with E-state index < -0.39 is 0 Å². The molecule has 1 fully saturated rings. The van der Waals surface area contributed by atoms with Crippen molar-refractivity contribution in [3.05, 3.63) is 29.8 Å². The summed E-state index contributed by atoms with van der Waals surface area (Å²) < 4.78 is 5.47. The molecular formula is C20H31N3O3. The number of hydrogen-bond acceptors (Lipinski definition) is 3. The molecule has 0 unspecified atom stereocenters. The van der Waals surface area contributed by atoms with E-state index >= 15 is 0 Å². The van der Waals surface area contributed by atoms with E-state index in [2.05, 4.69) is 17.6 Å². The Hall–Kier alpha value is -2.08. The fourth-order valence-corrected chi connectivity index (χ4v) is 2.90. The monoisotopic (exact) mass is 361 g/mol. The Bertz CT molecular complexity index is 577. The number of anilines is 1. The Kier molecular flexibility index (Phi) is 8.96. The van der Waals surface area contributed by atoms with Gasteiger partial charge < -0.3 is 20.3 Å². The number of ether oxygens (including phenoxy) is 1. The number of carbonyl (C=O) groups excluding carboxylic acids is 2. The maximum Gasteiger partial charge on any atom is 0.319 e. The molecular weight excluding hydrogens is 330 g/mol. The number of carbonyl (C=O) groups is 2. The Morgan fingerprint density at radius 3 is 2.88 bits per heavy atom. The highest BCUT2D eigenvalue weighted by Gasteiger charge is 2.18. The van der Waals surface area contributed by atoms with Gasteiger partial charge in [-0.3, -0.25) is 4.79 Å². The van der Waals surface area contributed by atoms with Gasteiger partial charge in [0.05, 0.1) is 0 Å². The van der Waals surface area contributed by atoms with Crippen LogP contribution in [-0.2, 0) is 16.1 Å². The van der Waals surface area contributed by atoms with E-state index in [-0.39, 0.29) is 11.9 Å². The van der Waals surface area contributed by atoms with E-state index in [1.165, 1.54) is 0 Å². The lowest BCUT2D eigenvalue weighted by atomic mass is 10.1. The summed E-state index contributed by atoms with van der Waals surface area (Å²) in [7, 11) is 0. The zero-order valence-corrected chi connectivity index (χ0v) is 15.8. The SMILES string of the molecule is CCCCOCCCNC(=O)Nc1cccc(CN2CCCCC2=O)c1. The summed E-state index contributed by atoms with van der Waals surface area (Å²) in [5.41, 5.74) is 1.77. The zero-order valence-electron chi connectivity index (χ0n) is 15.8. The van der Waals surface area contributed by atoms with Gasteiger partial charge in [0.25, 0.3) is 0 Å². The van der Waals surface area contributed by atoms with Crippen LogP contribution in [0.25, 0.3) is 0 Å². The number of unbranched alkanes of at least 4 members (excludes halogenated alkanes) is 1. The summed E-state index contributed by atoms with van der Waals surface area (Å²) >= 11 is 0. The fourth-order valence-electron chi connectivity index (χ4n) is 2.90. The topological polar surface area (TPSA) is 70.7 Å². The third-order valence-electron chi connectivity index (χ3n) is 4.37. The van der Waals surface area contributed by atoms with Crippen LogP contribution in [0.2, 0.25) is 0 Å². The Balaban J connectivity index is 1.70. The van der Waals surface area contributed by atoms with Crippen molar-refractivity contribution in [3.63, 3.8) is 0 Å². The molecule has 2 rings (SSSR count). The third kappa shape index (κ3) is 7.44. The van der Waals surface area contributed by atoms with Gasteiger partial charge in [-0.1, -0.05) is 25.5 Å². The number of rotatable bonds is 10. The molecule has 0 aromatic heterocycles. The number of nitrogens with zero attached hydrogens (tertiary/aromatic N) is 1. The second-order valence-electron chi connectivity index (χ2n) is 6.67. The molecule has 0 saturated carbocycles. The number of piperidine rings is 1. The van der Waals surface area contributed by atoms with Crippen molar-refractivity contribution in [1.82, 2.24) is 10.2 Å². The van der Waals surface area contributed by atoms with E-state index in [0.717, 1.165) is 56.5 Å². The van der Waals surface area contributed by atoms with Gasteiger partial charge in [-0.05, 0) is 43.4 Å². The summed E-state index contributed by atoms with van der Waals surface area (Å²) in [5, 5.41) is 5.68. The maximum atomic E-state index is 12.0. The normalized spacial score (nSPS) is 14.3. The van der Waals surface area contributed by atoms with Crippen molar-refractivity contribution < 1.29 is 14.3 Å². The second-order valence-corrected chi connectivity index (χ2v) is 6.67. The van der Waals surface area contributed by atoms with Gasteiger partial charge in [-0.25, -0.2) is 4.79 Å². The van der Waals surface area contributed by atoms with Crippen molar-refractivity contribution in [2.24, 2.45) is 0 Å². The van der Waals surface area contributed by atoms with E-state index in [1.807, 2.05) is 29.2 Å². The lowest BCUT2D eigenvalue weighted by Crippen LogP contribution is -2.34. The van der Waals surface area contributed by atoms with Gasteiger partial charge in [0, 0.05) is 45.0 Å². The summed E-state index contributed by atoms with van der Waals surface area (Å²) in [4.78, 5) is 25.8. The summed E-state index contributed by atoms with van der Waals surface area (Å²) in [5.74, 6) is 0.216. The number of nitrogens with one attached hydrogen (secondary N) is 2. The fraction of sp³-hybridized carbons (Fsp3) is 0.600. The molecule has 0 aliphatic carbocycles. The van der Waals surface area contributed by atoms with E-state index in [1.54, 1.807) is 0 Å². The van der Waals surface area contributed by atoms with E-state index in [0.29, 0.717) is 26.1 Å². The number of benzene rings is 1. The maximum absolute atomic E-state index is 12.0. The number of hydrogen-bond donors (Lipinski definition) is 2. The predicted octanol–water partition coefficient (Wildman–Crippen LogP) is 3.53. The summed E-state index contributed by atoms with van der Waals surface area (Å²) in [6.07, 6.45) is 5.70. The molecule has 6 heteroatoms. The highest BCUT2D eigenvalue weighted by atomic mass is 16.5. The first-order valence-electron chi connectivity index (χ1n) is 9.68. The molecule has 1 aliphatic rings. The van der Waals surface area contributed by atoms with Gasteiger partial charge in [-0.15, -0.1) is 0 Å². The van der Waals surface area contributed by atoms with Gasteiger partial charge in [-0.2, -0.15) is 0 Å². The van der Waals surface area contributed by atoms with Gasteiger partial charge in [0.1, 0.15) is 0 Å². The van der Waals surface area contributed by atoms with Crippen molar-refractivity contribution in [2.45, 2.75) is 52.0 Å². The molecule has 0 spiro atoms. The minimum atomic E-state index is -0.218. The molecule has 0 radical (unpaired) electrons. The highest BCUT2D eigenvalue weighted by Crippen LogP contribution is 2.17. The number of amides is 3. The van der Waals surface area contributed by atoms with Gasteiger partial charge in [0.2, 0.25) is 5.91 Å². The first kappa shape index (κ1) is 20.2. The summed E-state index contributed by atoms with van der Waals surface area (Å²) in [6, 6.07) is 7.45. The number of likely N-dealkylation sites (tertiary alicyclic amines) is 1. The van der Waals surface area contributed by atoms with E-state index in [4.69, 9.17) is 4.74 Å². The smallest absolute Gasteiger partial charge is 0.319 e. The average Bonchev–Trinajstić information content (AvgIpc) is 2.63. The first-order valence-corrected chi connectivity index (χ1v) is 9.68. The van der Waals surface area contributed by atoms with Crippen LogP contribution >= 0.6 is 0 Å². The molecule has 26 heavy (non-hydrogen) atoms. The Morgan fingerprint density at radius 2 is 2.08 bits per heavy atom. The largest absolute Gasteiger partial charge is 0.381 e. The standard InChI is InChI=1S/C20H31N3O3/c1-2-3-13-26-14-7-11-21-20(25)22-18-9-6-8-17(15-18)16-23-12-5-4-10-19(23)24/h6,8-9,15H,2-5,7,10-14,16H2,1H3,(H2,21,22,25). The Morgan fingerprint density at radius 1 is 1.23 bits per heavy atom. The molecule has 1 aromatic rings. The minimum Gasteiger partial charge on any atom is -0.381 e. The van der Waals surface area contributed by atoms with Crippen LogP contribution in [-0.4, -0.2) is 43.1 Å². The van der Waals surface area contributed by atoms with Crippen LogP contribution in [0.1, 0.15) is 51.0 Å². The van der Waals surface area contributed by atoms with Crippen molar-refractivity contribution in [1.29, 1.82) is 0 Å². The average molecular weight is 361 g/mol. The van der Waals surface area contributed by atoms with Crippen LogP contribution in [0.15, 0.2) is 24.3 Å². The van der Waals surface area contributed by atoms with Crippen LogP contribution in [0.4, 0.5) is 10.5 Å². The van der Waals surface area contributed by atoms with E-state index in [9.17, 15) is 9.59 Å². The second kappa shape index (κ2) is 11.5. The molecule has 6 nitrogen and oxygen atoms in total.